The standard InChI is InChI=1S/C14H16N2O3/c1-18-14(17)10-9-13-15-12(16-19-13)8-7-11-5-3-2-4-6-11/h2-6H,7-10H2,1H3. The number of aryl methyl sites for hydroxylation is 3. The van der Waals surface area contributed by atoms with Gasteiger partial charge in [-0.3, -0.25) is 4.79 Å². The van der Waals surface area contributed by atoms with Gasteiger partial charge in [-0.25, -0.2) is 0 Å². The third kappa shape index (κ3) is 4.21. The quantitative estimate of drug-likeness (QED) is 0.743. The second kappa shape index (κ2) is 6.68. The van der Waals surface area contributed by atoms with E-state index in [2.05, 4.69) is 27.0 Å². The van der Waals surface area contributed by atoms with Crippen LogP contribution in [0.5, 0.6) is 0 Å². The number of carbonyl (C=O) groups excluding carboxylic acids is 1. The van der Waals surface area contributed by atoms with Crippen molar-refractivity contribution < 1.29 is 14.1 Å². The highest BCUT2D eigenvalue weighted by Crippen LogP contribution is 2.06. The maximum absolute atomic E-state index is 11.0. The van der Waals surface area contributed by atoms with Gasteiger partial charge in [0.05, 0.1) is 13.5 Å². The summed E-state index contributed by atoms with van der Waals surface area (Å²) >= 11 is 0. The third-order valence-electron chi connectivity index (χ3n) is 2.76. The first-order valence-corrected chi connectivity index (χ1v) is 6.20. The van der Waals surface area contributed by atoms with Gasteiger partial charge in [0.1, 0.15) is 0 Å². The molecule has 0 atom stereocenters. The normalized spacial score (nSPS) is 10.4. The second-order valence-corrected chi connectivity index (χ2v) is 4.17. The molecular formula is C14H16N2O3. The topological polar surface area (TPSA) is 65.2 Å². The molecule has 0 unspecified atom stereocenters. The zero-order valence-electron chi connectivity index (χ0n) is 10.8. The van der Waals surface area contributed by atoms with Crippen molar-refractivity contribution in [2.45, 2.75) is 25.7 Å². The molecule has 1 aromatic carbocycles. The molecule has 2 aromatic rings. The number of ether oxygens (including phenoxy) is 1. The predicted molar refractivity (Wildman–Crippen MR) is 68.5 cm³/mol. The Morgan fingerprint density at radius 1 is 1.21 bits per heavy atom. The molecule has 1 heterocycles. The maximum Gasteiger partial charge on any atom is 0.306 e. The van der Waals surface area contributed by atoms with Gasteiger partial charge in [0, 0.05) is 12.8 Å². The van der Waals surface area contributed by atoms with Crippen LogP contribution in [0.2, 0.25) is 0 Å². The fourth-order valence-electron chi connectivity index (χ4n) is 1.71. The van der Waals surface area contributed by atoms with Crippen molar-refractivity contribution in [3.8, 4) is 0 Å². The fraction of sp³-hybridized carbons (Fsp3) is 0.357. The average molecular weight is 260 g/mol. The Morgan fingerprint density at radius 2 is 2.00 bits per heavy atom. The van der Waals surface area contributed by atoms with Crippen molar-refractivity contribution in [2.24, 2.45) is 0 Å². The van der Waals surface area contributed by atoms with Crippen molar-refractivity contribution in [1.29, 1.82) is 0 Å². The second-order valence-electron chi connectivity index (χ2n) is 4.17. The summed E-state index contributed by atoms with van der Waals surface area (Å²) in [4.78, 5) is 15.2. The minimum Gasteiger partial charge on any atom is -0.469 e. The van der Waals surface area contributed by atoms with Gasteiger partial charge >= 0.3 is 5.97 Å². The number of hydrogen-bond acceptors (Lipinski definition) is 5. The van der Waals surface area contributed by atoms with Crippen LogP contribution in [0.3, 0.4) is 0 Å². The van der Waals surface area contributed by atoms with Gasteiger partial charge in [0.15, 0.2) is 5.82 Å². The summed E-state index contributed by atoms with van der Waals surface area (Å²) in [7, 11) is 1.36. The van der Waals surface area contributed by atoms with Crippen molar-refractivity contribution >= 4 is 5.97 Å². The average Bonchev–Trinajstić information content (AvgIpc) is 2.91. The van der Waals surface area contributed by atoms with Crippen LogP contribution in [0.15, 0.2) is 34.9 Å². The first kappa shape index (κ1) is 13.3. The molecule has 0 aliphatic carbocycles. The number of rotatable bonds is 6. The Kier molecular flexibility index (Phi) is 4.66. The van der Waals surface area contributed by atoms with E-state index in [1.807, 2.05) is 18.2 Å². The lowest BCUT2D eigenvalue weighted by Crippen LogP contribution is -2.02. The van der Waals surface area contributed by atoms with E-state index in [1.54, 1.807) is 0 Å². The van der Waals surface area contributed by atoms with Gasteiger partial charge in [-0.05, 0) is 12.0 Å². The summed E-state index contributed by atoms with van der Waals surface area (Å²) in [6.07, 6.45) is 2.28. The highest BCUT2D eigenvalue weighted by atomic mass is 16.5. The summed E-state index contributed by atoms with van der Waals surface area (Å²) < 4.78 is 9.63. The van der Waals surface area contributed by atoms with Crippen LogP contribution in [-0.4, -0.2) is 23.2 Å². The van der Waals surface area contributed by atoms with E-state index in [0.717, 1.165) is 12.8 Å². The van der Waals surface area contributed by atoms with Crippen LogP contribution in [0.25, 0.3) is 0 Å². The summed E-state index contributed by atoms with van der Waals surface area (Å²) in [5.74, 6) is 0.876. The zero-order valence-corrected chi connectivity index (χ0v) is 10.8. The molecule has 0 amide bonds. The number of carbonyl (C=O) groups is 1. The number of nitrogens with zero attached hydrogens (tertiary/aromatic N) is 2. The zero-order chi connectivity index (χ0) is 13.5. The minimum atomic E-state index is -0.274. The molecule has 0 radical (unpaired) electrons. The van der Waals surface area contributed by atoms with Crippen LogP contribution in [-0.2, 0) is 28.8 Å². The molecule has 0 N–H and O–H groups in total. The van der Waals surface area contributed by atoms with E-state index < -0.39 is 0 Å². The van der Waals surface area contributed by atoms with Crippen LogP contribution in [0.4, 0.5) is 0 Å². The Labute approximate surface area is 111 Å². The lowest BCUT2D eigenvalue weighted by Gasteiger charge is -1.96. The Bertz CT molecular complexity index is 522. The van der Waals surface area contributed by atoms with Crippen LogP contribution in [0, 0.1) is 0 Å². The molecule has 5 nitrogen and oxygen atoms in total. The van der Waals surface area contributed by atoms with Crippen molar-refractivity contribution in [2.75, 3.05) is 7.11 Å². The smallest absolute Gasteiger partial charge is 0.306 e. The molecule has 100 valence electrons. The number of aromatic nitrogens is 2. The third-order valence-corrected chi connectivity index (χ3v) is 2.76. The molecule has 19 heavy (non-hydrogen) atoms. The highest BCUT2D eigenvalue weighted by Gasteiger charge is 2.09. The molecule has 0 saturated heterocycles. The SMILES string of the molecule is COC(=O)CCc1nc(CCc2ccccc2)no1. The summed E-state index contributed by atoms with van der Waals surface area (Å²) in [6.45, 7) is 0. The van der Waals surface area contributed by atoms with E-state index in [0.29, 0.717) is 18.1 Å². The van der Waals surface area contributed by atoms with Gasteiger partial charge in [0.2, 0.25) is 5.89 Å². The largest absolute Gasteiger partial charge is 0.469 e. The first-order chi connectivity index (χ1) is 9.28. The molecule has 0 saturated carbocycles. The van der Waals surface area contributed by atoms with Gasteiger partial charge in [-0.1, -0.05) is 35.5 Å². The first-order valence-electron chi connectivity index (χ1n) is 6.20. The molecule has 0 spiro atoms. The van der Waals surface area contributed by atoms with Crippen LogP contribution >= 0.6 is 0 Å². The molecule has 5 heteroatoms. The maximum atomic E-state index is 11.0. The summed E-state index contributed by atoms with van der Waals surface area (Å²) in [5, 5.41) is 3.90. The fourth-order valence-corrected chi connectivity index (χ4v) is 1.71. The van der Waals surface area contributed by atoms with Crippen molar-refractivity contribution in [1.82, 2.24) is 10.1 Å². The molecule has 2 rings (SSSR count). The summed E-state index contributed by atoms with van der Waals surface area (Å²) in [6, 6.07) is 10.1. The van der Waals surface area contributed by atoms with E-state index in [4.69, 9.17) is 4.52 Å². The van der Waals surface area contributed by atoms with Gasteiger partial charge in [-0.15, -0.1) is 0 Å². The predicted octanol–water partition coefficient (Wildman–Crippen LogP) is 1.96. The van der Waals surface area contributed by atoms with Crippen LogP contribution in [0.1, 0.15) is 23.7 Å². The summed E-state index contributed by atoms with van der Waals surface area (Å²) in [5.41, 5.74) is 1.24. The van der Waals surface area contributed by atoms with Gasteiger partial charge in [-0.2, -0.15) is 4.98 Å². The van der Waals surface area contributed by atoms with E-state index in [1.165, 1.54) is 12.7 Å². The van der Waals surface area contributed by atoms with Crippen molar-refractivity contribution in [3.05, 3.63) is 47.6 Å². The number of esters is 1. The molecule has 0 fully saturated rings. The lowest BCUT2D eigenvalue weighted by molar-refractivity contribution is -0.140. The molecular weight excluding hydrogens is 244 g/mol. The van der Waals surface area contributed by atoms with Gasteiger partial charge in [0.25, 0.3) is 0 Å². The van der Waals surface area contributed by atoms with E-state index >= 15 is 0 Å². The van der Waals surface area contributed by atoms with E-state index in [-0.39, 0.29) is 12.4 Å². The van der Waals surface area contributed by atoms with Gasteiger partial charge < -0.3 is 9.26 Å². The van der Waals surface area contributed by atoms with Crippen molar-refractivity contribution in [3.63, 3.8) is 0 Å². The highest BCUT2D eigenvalue weighted by molar-refractivity contribution is 5.69. The lowest BCUT2D eigenvalue weighted by atomic mass is 10.1. The monoisotopic (exact) mass is 260 g/mol. The Morgan fingerprint density at radius 3 is 2.74 bits per heavy atom. The Hall–Kier alpha value is -2.17. The minimum absolute atomic E-state index is 0.261. The number of hydrogen-bond donors (Lipinski definition) is 0. The molecule has 1 aromatic heterocycles. The molecule has 0 aliphatic rings. The van der Waals surface area contributed by atoms with E-state index in [9.17, 15) is 4.79 Å². The Balaban J connectivity index is 1.82. The number of methoxy groups -OCH3 is 1. The van der Waals surface area contributed by atoms with Crippen LogP contribution < -0.4 is 0 Å². The molecule has 0 bridgehead atoms. The number of benzene rings is 1. The molecule has 0 aliphatic heterocycles.